The van der Waals surface area contributed by atoms with Crippen LogP contribution in [0, 0.1) is 0 Å². The molecule has 0 bridgehead atoms. The van der Waals surface area contributed by atoms with Crippen LogP contribution in [0.2, 0.25) is 0 Å². The average molecular weight is 215 g/mol. The van der Waals surface area contributed by atoms with Crippen molar-refractivity contribution in [3.05, 3.63) is 30.3 Å². The summed E-state index contributed by atoms with van der Waals surface area (Å²) in [6, 6.07) is 9.25. The van der Waals surface area contributed by atoms with Gasteiger partial charge in [0.1, 0.15) is 0 Å². The van der Waals surface area contributed by atoms with Gasteiger partial charge in [-0.25, -0.2) is 0 Å². The molecule has 1 atom stereocenters. The molecule has 0 radical (unpaired) electrons. The van der Waals surface area contributed by atoms with E-state index < -0.39 is 0 Å². The minimum atomic E-state index is -0.166. The molecule has 4 heteroatoms. The average Bonchev–Trinajstić information content (AvgIpc) is 2.18. The zero-order chi connectivity index (χ0) is 9.68. The van der Waals surface area contributed by atoms with Crippen LogP contribution < -0.4 is 10.6 Å². The van der Waals surface area contributed by atoms with Gasteiger partial charge < -0.3 is 10.6 Å². The van der Waals surface area contributed by atoms with E-state index in [4.69, 9.17) is 0 Å². The standard InChI is InChI=1S/C10H14N2O.ClH/c1-8(11-2)10(13)12-9-6-4-3-5-7-9;/h3-8,11H,1-2H3,(H,12,13);1H. The number of halogens is 1. The molecule has 0 fully saturated rings. The predicted molar refractivity (Wildman–Crippen MR) is 60.8 cm³/mol. The van der Waals surface area contributed by atoms with Crippen LogP contribution in [-0.2, 0) is 4.79 Å². The van der Waals surface area contributed by atoms with Gasteiger partial charge in [0.2, 0.25) is 5.91 Å². The summed E-state index contributed by atoms with van der Waals surface area (Å²) in [5.74, 6) is -0.0197. The lowest BCUT2D eigenvalue weighted by molar-refractivity contribution is -0.117. The van der Waals surface area contributed by atoms with Crippen LogP contribution in [0.1, 0.15) is 6.92 Å². The molecule has 1 amide bonds. The van der Waals surface area contributed by atoms with E-state index in [0.717, 1.165) is 5.69 Å². The minimum absolute atomic E-state index is 0. The number of carbonyl (C=O) groups excluding carboxylic acids is 1. The Morgan fingerprint density at radius 2 is 1.86 bits per heavy atom. The van der Waals surface area contributed by atoms with Gasteiger partial charge in [-0.2, -0.15) is 0 Å². The van der Waals surface area contributed by atoms with Crippen molar-refractivity contribution in [3.63, 3.8) is 0 Å². The van der Waals surface area contributed by atoms with Gasteiger partial charge in [0.05, 0.1) is 6.04 Å². The van der Waals surface area contributed by atoms with Crippen molar-refractivity contribution in [2.24, 2.45) is 0 Å². The SMILES string of the molecule is CNC(C)C(=O)Nc1ccccc1.Cl. The number of para-hydroxylation sites is 1. The number of benzene rings is 1. The first kappa shape index (κ1) is 12.9. The smallest absolute Gasteiger partial charge is 0.241 e. The Balaban J connectivity index is 0.00000169. The van der Waals surface area contributed by atoms with Gasteiger partial charge in [-0.1, -0.05) is 18.2 Å². The van der Waals surface area contributed by atoms with Crippen LogP contribution in [0.25, 0.3) is 0 Å². The molecule has 0 aliphatic heterocycles. The third-order valence-electron chi connectivity index (χ3n) is 1.87. The summed E-state index contributed by atoms with van der Waals surface area (Å²) in [5.41, 5.74) is 0.828. The fourth-order valence-corrected chi connectivity index (χ4v) is 0.903. The molecular formula is C10H15ClN2O. The molecule has 14 heavy (non-hydrogen) atoms. The van der Waals surface area contributed by atoms with Crippen molar-refractivity contribution in [2.75, 3.05) is 12.4 Å². The van der Waals surface area contributed by atoms with E-state index >= 15 is 0 Å². The molecule has 0 heterocycles. The topological polar surface area (TPSA) is 41.1 Å². The summed E-state index contributed by atoms with van der Waals surface area (Å²) in [7, 11) is 1.76. The van der Waals surface area contributed by atoms with Crippen molar-refractivity contribution in [3.8, 4) is 0 Å². The molecule has 78 valence electrons. The lowest BCUT2D eigenvalue weighted by Crippen LogP contribution is -2.35. The summed E-state index contributed by atoms with van der Waals surface area (Å²) in [5, 5.41) is 5.66. The summed E-state index contributed by atoms with van der Waals surface area (Å²) < 4.78 is 0. The highest BCUT2D eigenvalue weighted by Gasteiger charge is 2.08. The van der Waals surface area contributed by atoms with Crippen molar-refractivity contribution >= 4 is 24.0 Å². The second-order valence-corrected chi connectivity index (χ2v) is 2.87. The molecule has 1 unspecified atom stereocenters. The Hall–Kier alpha value is -1.06. The Morgan fingerprint density at radius 3 is 2.36 bits per heavy atom. The number of amides is 1. The summed E-state index contributed by atoms with van der Waals surface area (Å²) in [4.78, 5) is 11.4. The van der Waals surface area contributed by atoms with Crippen molar-refractivity contribution in [2.45, 2.75) is 13.0 Å². The monoisotopic (exact) mass is 214 g/mol. The number of hydrogen-bond donors (Lipinski definition) is 2. The number of nitrogens with one attached hydrogen (secondary N) is 2. The van der Waals surface area contributed by atoms with Crippen LogP contribution in [0.3, 0.4) is 0 Å². The van der Waals surface area contributed by atoms with E-state index in [1.165, 1.54) is 0 Å². The minimum Gasteiger partial charge on any atom is -0.325 e. The molecule has 1 rings (SSSR count). The quantitative estimate of drug-likeness (QED) is 0.804. The maximum Gasteiger partial charge on any atom is 0.241 e. The van der Waals surface area contributed by atoms with Crippen LogP contribution in [-0.4, -0.2) is 19.0 Å². The number of carbonyl (C=O) groups is 1. The highest BCUT2D eigenvalue weighted by molar-refractivity contribution is 5.94. The van der Waals surface area contributed by atoms with Gasteiger partial charge in [0.15, 0.2) is 0 Å². The van der Waals surface area contributed by atoms with Gasteiger partial charge in [-0.05, 0) is 26.1 Å². The molecular weight excluding hydrogens is 200 g/mol. The normalized spacial score (nSPS) is 11.3. The van der Waals surface area contributed by atoms with Crippen LogP contribution >= 0.6 is 12.4 Å². The number of likely N-dealkylation sites (N-methyl/N-ethyl adjacent to an activating group) is 1. The summed E-state index contributed by atoms with van der Waals surface area (Å²) in [6.07, 6.45) is 0. The molecule has 0 saturated heterocycles. The Bertz CT molecular complexity index is 277. The second-order valence-electron chi connectivity index (χ2n) is 2.87. The number of anilines is 1. The highest BCUT2D eigenvalue weighted by atomic mass is 35.5. The zero-order valence-corrected chi connectivity index (χ0v) is 9.10. The molecule has 0 spiro atoms. The first-order valence-corrected chi connectivity index (χ1v) is 4.27. The number of hydrogen-bond acceptors (Lipinski definition) is 2. The zero-order valence-electron chi connectivity index (χ0n) is 8.28. The number of rotatable bonds is 3. The van der Waals surface area contributed by atoms with Crippen molar-refractivity contribution < 1.29 is 4.79 Å². The molecule has 0 aliphatic rings. The van der Waals surface area contributed by atoms with Crippen LogP contribution in [0.5, 0.6) is 0 Å². The Kier molecular flexibility index (Phi) is 5.92. The van der Waals surface area contributed by atoms with Gasteiger partial charge in [0.25, 0.3) is 0 Å². The lowest BCUT2D eigenvalue weighted by atomic mass is 10.3. The summed E-state index contributed by atoms with van der Waals surface area (Å²) in [6.45, 7) is 1.82. The highest BCUT2D eigenvalue weighted by Crippen LogP contribution is 2.04. The molecule has 3 nitrogen and oxygen atoms in total. The molecule has 0 aromatic heterocycles. The van der Waals surface area contributed by atoms with Crippen LogP contribution in [0.4, 0.5) is 5.69 Å². The van der Waals surface area contributed by atoms with Gasteiger partial charge in [0, 0.05) is 5.69 Å². The van der Waals surface area contributed by atoms with Crippen molar-refractivity contribution in [1.29, 1.82) is 0 Å². The predicted octanol–water partition coefficient (Wildman–Crippen LogP) is 1.65. The fraction of sp³-hybridized carbons (Fsp3) is 0.300. The van der Waals surface area contributed by atoms with E-state index in [1.54, 1.807) is 7.05 Å². The molecule has 1 aromatic carbocycles. The Labute approximate surface area is 90.3 Å². The van der Waals surface area contributed by atoms with E-state index in [-0.39, 0.29) is 24.4 Å². The van der Waals surface area contributed by atoms with E-state index in [1.807, 2.05) is 37.3 Å². The third kappa shape index (κ3) is 3.77. The Morgan fingerprint density at radius 1 is 1.29 bits per heavy atom. The van der Waals surface area contributed by atoms with E-state index in [0.29, 0.717) is 0 Å². The molecule has 1 aromatic rings. The molecule has 0 aliphatic carbocycles. The lowest BCUT2D eigenvalue weighted by Gasteiger charge is -2.10. The fourth-order valence-electron chi connectivity index (χ4n) is 0.903. The maximum atomic E-state index is 11.4. The third-order valence-corrected chi connectivity index (χ3v) is 1.87. The first-order chi connectivity index (χ1) is 6.24. The van der Waals surface area contributed by atoms with Crippen molar-refractivity contribution in [1.82, 2.24) is 5.32 Å². The summed E-state index contributed by atoms with van der Waals surface area (Å²) >= 11 is 0. The van der Waals surface area contributed by atoms with Crippen LogP contribution in [0.15, 0.2) is 30.3 Å². The molecule has 2 N–H and O–H groups in total. The first-order valence-electron chi connectivity index (χ1n) is 4.27. The van der Waals surface area contributed by atoms with E-state index in [2.05, 4.69) is 10.6 Å². The van der Waals surface area contributed by atoms with E-state index in [9.17, 15) is 4.79 Å². The van der Waals surface area contributed by atoms with Gasteiger partial charge in [-0.15, -0.1) is 12.4 Å². The maximum absolute atomic E-state index is 11.4. The van der Waals surface area contributed by atoms with Gasteiger partial charge in [-0.3, -0.25) is 4.79 Å². The van der Waals surface area contributed by atoms with Gasteiger partial charge >= 0.3 is 0 Å². The molecule has 0 saturated carbocycles. The largest absolute Gasteiger partial charge is 0.325 e. The second kappa shape index (κ2) is 6.40.